The number of aliphatic hydroxyl groups is 2. The van der Waals surface area contributed by atoms with E-state index in [9.17, 15) is 0 Å². The van der Waals surface area contributed by atoms with Gasteiger partial charge in [0, 0.05) is 0 Å². The molecule has 4 nitrogen and oxygen atoms in total. The van der Waals surface area contributed by atoms with Crippen LogP contribution in [0.2, 0.25) is 0 Å². The molecule has 0 aromatic rings. The van der Waals surface area contributed by atoms with Crippen molar-refractivity contribution < 1.29 is 38.7 Å². The van der Waals surface area contributed by atoms with Crippen LogP contribution in [-0.2, 0) is 28.5 Å². The minimum atomic E-state index is -1.30. The summed E-state index contributed by atoms with van der Waals surface area (Å²) in [5.41, 5.74) is 0. The summed E-state index contributed by atoms with van der Waals surface area (Å²) >= 11 is 0.750. The zero-order valence-corrected chi connectivity index (χ0v) is 4.77. The molecule has 5 heteroatoms. The normalized spacial score (nSPS) is 4.43. The quantitative estimate of drug-likeness (QED) is 0.272. The Balaban J connectivity index is 0. The maximum atomic E-state index is 8.84. The summed E-state index contributed by atoms with van der Waals surface area (Å²) in [6, 6.07) is 0. The summed E-state index contributed by atoms with van der Waals surface area (Å²) in [7, 11) is 0. The summed E-state index contributed by atoms with van der Waals surface area (Å²) in [5.74, 6) is -0.495. The van der Waals surface area contributed by atoms with Gasteiger partial charge in [-0.2, -0.15) is 0 Å². The van der Waals surface area contributed by atoms with Crippen LogP contribution in [-0.4, -0.2) is 16.2 Å². The molecule has 0 bridgehead atoms. The fourth-order valence-electron chi connectivity index (χ4n) is 0. The fraction of sp³-hybridized carbons (Fsp3) is 0. The number of hydrogen-bond donors (Lipinski definition) is 2. The van der Waals surface area contributed by atoms with Crippen LogP contribution in [0.15, 0.2) is 5.95 Å². The van der Waals surface area contributed by atoms with Gasteiger partial charge in [-0.1, -0.05) is 0 Å². The Labute approximate surface area is 51.2 Å². The Hall–Kier alpha value is -0.436. The Morgan fingerprint density at radius 1 is 1.43 bits per heavy atom. The molecule has 38 valence electrons. The predicted molar refractivity (Wildman–Crippen MR) is 15.2 cm³/mol. The van der Waals surface area contributed by atoms with Gasteiger partial charge in [-0.25, -0.2) is 4.79 Å². The van der Waals surface area contributed by atoms with Crippen LogP contribution in [0.3, 0.4) is 0 Å². The first-order valence-corrected chi connectivity index (χ1v) is 1.74. The van der Waals surface area contributed by atoms with Crippen molar-refractivity contribution in [2.75, 3.05) is 0 Å². The van der Waals surface area contributed by atoms with E-state index in [1.54, 1.807) is 0 Å². The van der Waals surface area contributed by atoms with Gasteiger partial charge in [-0.05, 0) is 0 Å². The Bertz CT molecular complexity index is 79.7. The van der Waals surface area contributed by atoms with Crippen molar-refractivity contribution in [2.24, 2.45) is 0 Å². The second kappa shape index (κ2) is 9.12. The average molecular weight is 138 g/mol. The second-order valence-corrected chi connectivity index (χ2v) is 0.426. The first-order chi connectivity index (χ1) is 3.27. The third-order valence-corrected chi connectivity index (χ3v) is 0.0913. The van der Waals surface area contributed by atoms with Gasteiger partial charge in [0.05, 0.1) is 0 Å². The van der Waals surface area contributed by atoms with E-state index in [1.807, 2.05) is 0 Å². The van der Waals surface area contributed by atoms with Gasteiger partial charge in [0.2, 0.25) is 5.94 Å². The SMILES string of the molecule is O=C=C(O)O.[O]=[Ti]. The van der Waals surface area contributed by atoms with Crippen molar-refractivity contribution in [2.45, 2.75) is 0 Å². The standard InChI is InChI=1S/C2H2O3.O.Ti/c3-1-2(4)5;;/h4-5H;;. The van der Waals surface area contributed by atoms with E-state index in [1.165, 1.54) is 0 Å². The van der Waals surface area contributed by atoms with Crippen LogP contribution in [0.1, 0.15) is 0 Å². The van der Waals surface area contributed by atoms with Gasteiger partial charge >= 0.3 is 29.7 Å². The van der Waals surface area contributed by atoms with Gasteiger partial charge in [0.25, 0.3) is 0 Å². The number of rotatable bonds is 0. The van der Waals surface area contributed by atoms with Crippen LogP contribution in [0.4, 0.5) is 0 Å². The molecule has 0 radical (unpaired) electrons. The summed E-state index contributed by atoms with van der Waals surface area (Å²) in [4.78, 5) is 8.84. The molecule has 0 aliphatic rings. The molecule has 2 N–H and O–H groups in total. The van der Waals surface area contributed by atoms with Gasteiger partial charge in [0.15, 0.2) is 0 Å². The molecule has 0 unspecified atom stereocenters. The van der Waals surface area contributed by atoms with Crippen molar-refractivity contribution in [3.63, 3.8) is 0 Å². The topological polar surface area (TPSA) is 74.6 Å². The summed E-state index contributed by atoms with van der Waals surface area (Å²) in [5, 5.41) is 14.8. The van der Waals surface area contributed by atoms with E-state index in [0.717, 1.165) is 26.3 Å². The molecule has 0 saturated carbocycles. The molecule has 0 aromatic heterocycles. The third-order valence-electron chi connectivity index (χ3n) is 0.0913. The fourth-order valence-corrected chi connectivity index (χ4v) is 0. The van der Waals surface area contributed by atoms with E-state index >= 15 is 0 Å². The molecule has 0 atom stereocenters. The van der Waals surface area contributed by atoms with E-state index < -0.39 is 5.95 Å². The van der Waals surface area contributed by atoms with Gasteiger partial charge < -0.3 is 10.2 Å². The van der Waals surface area contributed by atoms with Crippen LogP contribution in [0.5, 0.6) is 0 Å². The van der Waals surface area contributed by atoms with E-state index in [-0.39, 0.29) is 0 Å². The number of aliphatic hydroxyl groups excluding tert-OH is 1. The molecule has 0 heterocycles. The molecule has 0 rings (SSSR count). The number of hydrogen-bond acceptors (Lipinski definition) is 4. The molecule has 0 fully saturated rings. The zero-order chi connectivity index (χ0) is 6.28. The van der Waals surface area contributed by atoms with Crippen molar-refractivity contribution in [1.29, 1.82) is 0 Å². The van der Waals surface area contributed by atoms with Gasteiger partial charge in [0.1, 0.15) is 0 Å². The summed E-state index contributed by atoms with van der Waals surface area (Å²) in [6.07, 6.45) is 0. The Kier molecular flexibility index (Phi) is 12.7. The first-order valence-electron chi connectivity index (χ1n) is 1.11. The zero-order valence-electron chi connectivity index (χ0n) is 3.21. The molecular weight excluding hydrogens is 136 g/mol. The summed E-state index contributed by atoms with van der Waals surface area (Å²) < 4.78 is 8.25. The van der Waals surface area contributed by atoms with Crippen LogP contribution < -0.4 is 0 Å². The molecule has 0 aliphatic heterocycles. The molecule has 0 aromatic carbocycles. The minimum absolute atomic E-state index is 0.750. The van der Waals surface area contributed by atoms with Gasteiger partial charge in [-0.3, -0.25) is 0 Å². The Morgan fingerprint density at radius 2 is 1.57 bits per heavy atom. The average Bonchev–Trinajstić information content (AvgIpc) is 1.73. The predicted octanol–water partition coefficient (Wildman–Crippen LogP) is -0.346. The van der Waals surface area contributed by atoms with Crippen molar-refractivity contribution >= 4 is 5.94 Å². The van der Waals surface area contributed by atoms with Crippen molar-refractivity contribution in [1.82, 2.24) is 0 Å². The molecular formula is C2H2O4Ti. The van der Waals surface area contributed by atoms with Crippen LogP contribution in [0.25, 0.3) is 0 Å². The molecule has 0 saturated heterocycles. The van der Waals surface area contributed by atoms with E-state index in [2.05, 4.69) is 0 Å². The Morgan fingerprint density at radius 3 is 1.57 bits per heavy atom. The van der Waals surface area contributed by atoms with Crippen molar-refractivity contribution in [3.05, 3.63) is 5.95 Å². The second-order valence-electron chi connectivity index (χ2n) is 0.426. The van der Waals surface area contributed by atoms with Crippen LogP contribution >= 0.6 is 0 Å². The molecule has 0 amide bonds. The summed E-state index contributed by atoms with van der Waals surface area (Å²) in [6.45, 7) is 0. The first kappa shape index (κ1) is 9.76. The van der Waals surface area contributed by atoms with E-state index in [0.29, 0.717) is 0 Å². The van der Waals surface area contributed by atoms with Crippen molar-refractivity contribution in [3.8, 4) is 0 Å². The monoisotopic (exact) mass is 138 g/mol. The molecule has 7 heavy (non-hydrogen) atoms. The van der Waals surface area contributed by atoms with Gasteiger partial charge in [-0.15, -0.1) is 0 Å². The van der Waals surface area contributed by atoms with Crippen LogP contribution in [0, 0.1) is 0 Å². The maximum absolute atomic E-state index is 8.84. The molecule has 0 aliphatic carbocycles. The third kappa shape index (κ3) is 28.9. The molecule has 0 spiro atoms. The number of carbonyl (C=O) groups excluding carboxylic acids is 1. The van der Waals surface area contributed by atoms with E-state index in [4.69, 9.17) is 18.3 Å².